The SMILES string of the molecule is CC(C)NC(=O)C1CN(c2cc(Cc3cnccn3)nc(C[C@@H](C)c3ccc(F)cc3)n2)C1. The largest absolute Gasteiger partial charge is 0.355 e. The van der Waals surface area contributed by atoms with E-state index in [-0.39, 0.29) is 29.6 Å². The highest BCUT2D eigenvalue weighted by atomic mass is 19.1. The Labute approximate surface area is 193 Å². The fourth-order valence-electron chi connectivity index (χ4n) is 3.90. The van der Waals surface area contributed by atoms with Crippen molar-refractivity contribution in [2.75, 3.05) is 18.0 Å². The van der Waals surface area contributed by atoms with E-state index < -0.39 is 0 Å². The van der Waals surface area contributed by atoms with Crippen LogP contribution in [0.5, 0.6) is 0 Å². The third-order valence-electron chi connectivity index (χ3n) is 5.73. The molecule has 7 nitrogen and oxygen atoms in total. The summed E-state index contributed by atoms with van der Waals surface area (Å²) in [5, 5.41) is 2.98. The first-order valence-electron chi connectivity index (χ1n) is 11.3. The monoisotopic (exact) mass is 448 g/mol. The number of aromatic nitrogens is 4. The molecule has 0 saturated carbocycles. The molecule has 1 atom stereocenters. The van der Waals surface area contributed by atoms with Crippen LogP contribution in [0, 0.1) is 11.7 Å². The van der Waals surface area contributed by atoms with Gasteiger partial charge in [0.1, 0.15) is 17.5 Å². The van der Waals surface area contributed by atoms with Gasteiger partial charge < -0.3 is 10.2 Å². The van der Waals surface area contributed by atoms with Crippen molar-refractivity contribution in [2.45, 2.75) is 45.6 Å². The lowest BCUT2D eigenvalue weighted by Crippen LogP contribution is -2.55. The molecule has 2 aromatic heterocycles. The van der Waals surface area contributed by atoms with Gasteiger partial charge in [-0.05, 0) is 37.5 Å². The van der Waals surface area contributed by atoms with Crippen molar-refractivity contribution < 1.29 is 9.18 Å². The zero-order valence-electron chi connectivity index (χ0n) is 19.2. The van der Waals surface area contributed by atoms with Crippen LogP contribution in [-0.4, -0.2) is 45.0 Å². The third-order valence-corrected chi connectivity index (χ3v) is 5.73. The van der Waals surface area contributed by atoms with Gasteiger partial charge >= 0.3 is 0 Å². The van der Waals surface area contributed by atoms with E-state index in [1.165, 1.54) is 12.1 Å². The number of benzene rings is 1. The van der Waals surface area contributed by atoms with Crippen LogP contribution >= 0.6 is 0 Å². The molecule has 0 aliphatic carbocycles. The lowest BCUT2D eigenvalue weighted by molar-refractivity contribution is -0.126. The molecule has 3 heterocycles. The molecule has 1 aliphatic heterocycles. The standard InChI is InChI=1S/C25H29FN6O/c1-16(2)29-25(33)19-14-32(15-19)24-12-21(11-22-13-27-8-9-28-22)30-23(31-24)10-17(3)18-4-6-20(26)7-5-18/h4-9,12-13,16-17,19H,10-11,14-15H2,1-3H3,(H,29,33)/t17-/m1/s1. The Morgan fingerprint density at radius 1 is 1.12 bits per heavy atom. The number of amides is 1. The van der Waals surface area contributed by atoms with Gasteiger partial charge in [-0.25, -0.2) is 14.4 Å². The Bertz CT molecular complexity index is 1080. The summed E-state index contributed by atoms with van der Waals surface area (Å²) in [6.07, 6.45) is 6.22. The highest BCUT2D eigenvalue weighted by molar-refractivity contribution is 5.82. The van der Waals surface area contributed by atoms with Crippen molar-refractivity contribution in [2.24, 2.45) is 5.92 Å². The van der Waals surface area contributed by atoms with Crippen LogP contribution in [0.1, 0.15) is 49.5 Å². The average Bonchev–Trinajstić information content (AvgIpc) is 2.73. The third kappa shape index (κ3) is 5.88. The molecule has 1 aliphatic rings. The number of nitrogens with one attached hydrogen (secondary N) is 1. The van der Waals surface area contributed by atoms with Crippen LogP contribution in [0.3, 0.4) is 0 Å². The zero-order valence-corrected chi connectivity index (χ0v) is 19.2. The molecule has 1 aromatic carbocycles. The first kappa shape index (κ1) is 22.8. The van der Waals surface area contributed by atoms with Gasteiger partial charge in [-0.3, -0.25) is 14.8 Å². The summed E-state index contributed by atoms with van der Waals surface area (Å²) in [4.78, 5) is 32.5. The number of halogens is 1. The zero-order chi connectivity index (χ0) is 23.4. The molecule has 1 fully saturated rings. The van der Waals surface area contributed by atoms with Crippen LogP contribution in [0.4, 0.5) is 10.2 Å². The smallest absolute Gasteiger partial charge is 0.226 e. The Morgan fingerprint density at radius 2 is 1.88 bits per heavy atom. The number of rotatable bonds is 8. The lowest BCUT2D eigenvalue weighted by atomic mass is 9.97. The Hall–Kier alpha value is -3.42. The summed E-state index contributed by atoms with van der Waals surface area (Å²) < 4.78 is 13.3. The van der Waals surface area contributed by atoms with E-state index in [9.17, 15) is 9.18 Å². The Morgan fingerprint density at radius 3 is 2.55 bits per heavy atom. The van der Waals surface area contributed by atoms with E-state index in [0.717, 1.165) is 28.6 Å². The second-order valence-corrected chi connectivity index (χ2v) is 8.93. The summed E-state index contributed by atoms with van der Waals surface area (Å²) in [5.41, 5.74) is 2.73. The van der Waals surface area contributed by atoms with Gasteiger partial charge in [0, 0.05) is 56.6 Å². The number of hydrogen-bond donors (Lipinski definition) is 1. The maximum Gasteiger partial charge on any atom is 0.226 e. The molecule has 1 saturated heterocycles. The van der Waals surface area contributed by atoms with Gasteiger partial charge in [-0.15, -0.1) is 0 Å². The number of hydrogen-bond acceptors (Lipinski definition) is 6. The number of carbonyl (C=O) groups excluding carboxylic acids is 1. The molecule has 0 unspecified atom stereocenters. The quantitative estimate of drug-likeness (QED) is 0.569. The maximum atomic E-state index is 13.3. The van der Waals surface area contributed by atoms with E-state index in [1.807, 2.05) is 19.9 Å². The second kappa shape index (κ2) is 10.0. The molecule has 0 radical (unpaired) electrons. The van der Waals surface area contributed by atoms with Crippen molar-refractivity contribution >= 4 is 11.7 Å². The van der Waals surface area contributed by atoms with Crippen LogP contribution in [0.25, 0.3) is 0 Å². The second-order valence-electron chi connectivity index (χ2n) is 8.93. The van der Waals surface area contributed by atoms with Crippen LogP contribution in [-0.2, 0) is 17.6 Å². The van der Waals surface area contributed by atoms with E-state index >= 15 is 0 Å². The maximum absolute atomic E-state index is 13.3. The molecule has 0 bridgehead atoms. The number of carbonyl (C=O) groups is 1. The minimum atomic E-state index is -0.246. The normalized spacial score (nSPS) is 14.8. The van der Waals surface area contributed by atoms with Gasteiger partial charge in [0.05, 0.1) is 17.3 Å². The van der Waals surface area contributed by atoms with Crippen LogP contribution in [0.15, 0.2) is 48.9 Å². The van der Waals surface area contributed by atoms with Gasteiger partial charge in [0.25, 0.3) is 0 Å². The summed E-state index contributed by atoms with van der Waals surface area (Å²) in [6, 6.07) is 8.66. The molecule has 1 N–H and O–H groups in total. The fraction of sp³-hybridized carbons (Fsp3) is 0.400. The average molecular weight is 449 g/mol. The first-order valence-corrected chi connectivity index (χ1v) is 11.3. The molecule has 8 heteroatoms. The van der Waals surface area contributed by atoms with Gasteiger partial charge in [0.15, 0.2) is 0 Å². The summed E-state index contributed by atoms with van der Waals surface area (Å²) in [7, 11) is 0. The van der Waals surface area contributed by atoms with Crippen molar-refractivity contribution in [3.05, 3.63) is 77.5 Å². The topological polar surface area (TPSA) is 83.9 Å². The van der Waals surface area contributed by atoms with Gasteiger partial charge in [-0.1, -0.05) is 19.1 Å². The van der Waals surface area contributed by atoms with E-state index in [2.05, 4.69) is 27.1 Å². The molecule has 3 aromatic rings. The van der Waals surface area contributed by atoms with E-state index in [1.54, 1.807) is 30.7 Å². The lowest BCUT2D eigenvalue weighted by Gasteiger charge is -2.39. The molecular formula is C25H29FN6O. The summed E-state index contributed by atoms with van der Waals surface area (Å²) in [5.74, 6) is 1.47. The minimum Gasteiger partial charge on any atom is -0.355 e. The molecule has 172 valence electrons. The molecule has 4 rings (SSSR count). The number of anilines is 1. The Balaban J connectivity index is 1.53. The van der Waals surface area contributed by atoms with Gasteiger partial charge in [-0.2, -0.15) is 0 Å². The van der Waals surface area contributed by atoms with Crippen LogP contribution < -0.4 is 10.2 Å². The highest BCUT2D eigenvalue weighted by Gasteiger charge is 2.34. The van der Waals surface area contributed by atoms with Gasteiger partial charge in [0.2, 0.25) is 5.91 Å². The highest BCUT2D eigenvalue weighted by Crippen LogP contribution is 2.26. The summed E-state index contributed by atoms with van der Waals surface area (Å²) in [6.45, 7) is 7.28. The molecular weight excluding hydrogens is 419 g/mol. The Kier molecular flexibility index (Phi) is 6.91. The van der Waals surface area contributed by atoms with Crippen molar-refractivity contribution in [3.63, 3.8) is 0 Å². The molecule has 33 heavy (non-hydrogen) atoms. The number of nitrogens with zero attached hydrogens (tertiary/aromatic N) is 5. The minimum absolute atomic E-state index is 0.0348. The van der Waals surface area contributed by atoms with E-state index in [4.69, 9.17) is 9.97 Å². The predicted molar refractivity (Wildman–Crippen MR) is 124 cm³/mol. The first-order chi connectivity index (χ1) is 15.9. The van der Waals surface area contributed by atoms with Crippen LogP contribution in [0.2, 0.25) is 0 Å². The predicted octanol–water partition coefficient (Wildman–Crippen LogP) is 3.30. The van der Waals surface area contributed by atoms with Crippen molar-refractivity contribution in [1.29, 1.82) is 0 Å². The van der Waals surface area contributed by atoms with Crippen molar-refractivity contribution in [1.82, 2.24) is 25.3 Å². The van der Waals surface area contributed by atoms with Crippen molar-refractivity contribution in [3.8, 4) is 0 Å². The molecule has 1 amide bonds. The molecule has 0 spiro atoms. The fourth-order valence-corrected chi connectivity index (χ4v) is 3.90. The van der Waals surface area contributed by atoms with E-state index in [0.29, 0.717) is 25.9 Å². The summed E-state index contributed by atoms with van der Waals surface area (Å²) >= 11 is 0.